The molecule has 2 nitrogen and oxygen atoms in total. The molecule has 0 spiro atoms. The quantitative estimate of drug-likeness (QED) is 0.726. The Morgan fingerprint density at radius 1 is 1.46 bits per heavy atom. The van der Waals surface area contributed by atoms with E-state index in [0.717, 1.165) is 11.1 Å². The highest BCUT2D eigenvalue weighted by atomic mass is 16.3. The van der Waals surface area contributed by atoms with E-state index >= 15 is 0 Å². The van der Waals surface area contributed by atoms with Crippen molar-refractivity contribution in [1.82, 2.24) is 0 Å². The fourth-order valence-corrected chi connectivity index (χ4v) is 1.65. The fraction of sp³-hybridized carbons (Fsp3) is 0.455. The highest BCUT2D eigenvalue weighted by molar-refractivity contribution is 5.38. The van der Waals surface area contributed by atoms with Crippen LogP contribution in [-0.2, 0) is 0 Å². The number of aryl methyl sites for hydroxylation is 1. The minimum atomic E-state index is 0.0277. The maximum atomic E-state index is 9.60. The predicted molar refractivity (Wildman–Crippen MR) is 52.5 cm³/mol. The van der Waals surface area contributed by atoms with Crippen molar-refractivity contribution in [2.45, 2.75) is 25.8 Å². The first-order valence-electron chi connectivity index (χ1n) is 4.73. The van der Waals surface area contributed by atoms with Crippen LogP contribution in [0.2, 0.25) is 0 Å². The third-order valence-corrected chi connectivity index (χ3v) is 2.67. The maximum Gasteiger partial charge on any atom is 0.120 e. The number of benzene rings is 1. The normalized spacial score (nSPS) is 18.6. The molecule has 0 radical (unpaired) electrons. The molecule has 0 bridgehead atoms. The first-order valence-corrected chi connectivity index (χ1v) is 4.73. The molecule has 1 atom stereocenters. The van der Waals surface area contributed by atoms with Gasteiger partial charge in [-0.3, -0.25) is 0 Å². The molecule has 0 saturated heterocycles. The smallest absolute Gasteiger partial charge is 0.120 e. The number of nitrogens with two attached hydrogens (primary N) is 1. The molecule has 0 amide bonds. The zero-order valence-electron chi connectivity index (χ0n) is 7.83. The summed E-state index contributed by atoms with van der Waals surface area (Å²) >= 11 is 0. The largest absolute Gasteiger partial charge is 0.508 e. The van der Waals surface area contributed by atoms with Crippen molar-refractivity contribution in [2.75, 3.05) is 0 Å². The van der Waals surface area contributed by atoms with Crippen LogP contribution in [0.4, 0.5) is 0 Å². The summed E-state index contributed by atoms with van der Waals surface area (Å²) in [6.07, 6.45) is 2.41. The standard InChI is InChI=1S/C11H15NO/c1-7-2-5-10(13)9(6-7)11(12)8-3-4-8/h2,5-6,8,11,13H,3-4,12H2,1H3/t11-/m0/s1. The second kappa shape index (κ2) is 3.04. The van der Waals surface area contributed by atoms with Gasteiger partial charge in [-0.2, -0.15) is 0 Å². The summed E-state index contributed by atoms with van der Waals surface area (Å²) in [6.45, 7) is 2.02. The molecular formula is C11H15NO. The lowest BCUT2D eigenvalue weighted by atomic mass is 10.0. The molecule has 13 heavy (non-hydrogen) atoms. The molecule has 1 aliphatic rings. The lowest BCUT2D eigenvalue weighted by Gasteiger charge is -2.13. The summed E-state index contributed by atoms with van der Waals surface area (Å²) in [4.78, 5) is 0. The minimum Gasteiger partial charge on any atom is -0.508 e. The molecule has 1 fully saturated rings. The summed E-state index contributed by atoms with van der Waals surface area (Å²) in [7, 11) is 0. The van der Waals surface area contributed by atoms with Crippen LogP contribution in [0.25, 0.3) is 0 Å². The van der Waals surface area contributed by atoms with Crippen LogP contribution in [0.15, 0.2) is 18.2 Å². The van der Waals surface area contributed by atoms with E-state index in [-0.39, 0.29) is 6.04 Å². The molecule has 0 heterocycles. The van der Waals surface area contributed by atoms with Gasteiger partial charge < -0.3 is 10.8 Å². The van der Waals surface area contributed by atoms with Crippen LogP contribution in [0.3, 0.4) is 0 Å². The van der Waals surface area contributed by atoms with Gasteiger partial charge in [0.1, 0.15) is 5.75 Å². The zero-order chi connectivity index (χ0) is 9.42. The van der Waals surface area contributed by atoms with Crippen LogP contribution < -0.4 is 5.73 Å². The summed E-state index contributed by atoms with van der Waals surface area (Å²) in [6, 6.07) is 5.64. The van der Waals surface area contributed by atoms with E-state index in [2.05, 4.69) is 0 Å². The van der Waals surface area contributed by atoms with Gasteiger partial charge >= 0.3 is 0 Å². The van der Waals surface area contributed by atoms with Crippen molar-refractivity contribution < 1.29 is 5.11 Å². The monoisotopic (exact) mass is 177 g/mol. The van der Waals surface area contributed by atoms with E-state index in [1.807, 2.05) is 19.1 Å². The molecule has 2 heteroatoms. The summed E-state index contributed by atoms with van der Waals surface area (Å²) in [5.74, 6) is 0.928. The number of hydrogen-bond donors (Lipinski definition) is 2. The molecular weight excluding hydrogens is 162 g/mol. The second-order valence-electron chi connectivity index (χ2n) is 3.93. The van der Waals surface area contributed by atoms with Gasteiger partial charge in [-0.05, 0) is 31.7 Å². The Morgan fingerprint density at radius 3 is 2.77 bits per heavy atom. The van der Waals surface area contributed by atoms with E-state index in [0.29, 0.717) is 11.7 Å². The van der Waals surface area contributed by atoms with Gasteiger partial charge in [0.15, 0.2) is 0 Å². The van der Waals surface area contributed by atoms with E-state index in [1.165, 1.54) is 12.8 Å². The average molecular weight is 177 g/mol. The van der Waals surface area contributed by atoms with Crippen LogP contribution in [0.5, 0.6) is 5.75 Å². The number of phenols is 1. The highest BCUT2D eigenvalue weighted by Crippen LogP contribution is 2.41. The molecule has 1 aromatic rings. The van der Waals surface area contributed by atoms with Crippen molar-refractivity contribution >= 4 is 0 Å². The number of aromatic hydroxyl groups is 1. The number of hydrogen-bond acceptors (Lipinski definition) is 2. The van der Waals surface area contributed by atoms with E-state index in [4.69, 9.17) is 5.73 Å². The molecule has 0 aliphatic heterocycles. The molecule has 1 aliphatic carbocycles. The molecule has 0 aromatic heterocycles. The van der Waals surface area contributed by atoms with Crippen LogP contribution in [0, 0.1) is 12.8 Å². The molecule has 3 N–H and O–H groups in total. The Morgan fingerprint density at radius 2 is 2.15 bits per heavy atom. The van der Waals surface area contributed by atoms with Crippen LogP contribution in [0.1, 0.15) is 30.0 Å². The first-order chi connectivity index (χ1) is 6.18. The third kappa shape index (κ3) is 1.68. The SMILES string of the molecule is Cc1ccc(O)c([C@@H](N)C2CC2)c1. The Bertz CT molecular complexity index is 318. The van der Waals surface area contributed by atoms with Gasteiger partial charge in [-0.25, -0.2) is 0 Å². The fourth-order valence-electron chi connectivity index (χ4n) is 1.65. The van der Waals surface area contributed by atoms with Crippen LogP contribution in [-0.4, -0.2) is 5.11 Å². The Hall–Kier alpha value is -1.02. The van der Waals surface area contributed by atoms with Crippen LogP contribution >= 0.6 is 0 Å². The van der Waals surface area contributed by atoms with Gasteiger partial charge in [0.2, 0.25) is 0 Å². The van der Waals surface area contributed by atoms with Crippen molar-refractivity contribution in [3.05, 3.63) is 29.3 Å². The maximum absolute atomic E-state index is 9.60. The molecule has 70 valence electrons. The average Bonchev–Trinajstić information content (AvgIpc) is 2.91. The highest BCUT2D eigenvalue weighted by Gasteiger charge is 2.30. The first kappa shape index (κ1) is 8.57. The van der Waals surface area contributed by atoms with Crippen molar-refractivity contribution in [3.8, 4) is 5.75 Å². The second-order valence-corrected chi connectivity index (χ2v) is 3.93. The van der Waals surface area contributed by atoms with Gasteiger partial charge in [0.05, 0.1) is 0 Å². The Balaban J connectivity index is 2.31. The third-order valence-electron chi connectivity index (χ3n) is 2.67. The number of phenolic OH excluding ortho intramolecular Hbond substituents is 1. The van der Waals surface area contributed by atoms with E-state index in [1.54, 1.807) is 6.07 Å². The zero-order valence-corrected chi connectivity index (χ0v) is 7.83. The minimum absolute atomic E-state index is 0.0277. The van der Waals surface area contributed by atoms with E-state index in [9.17, 15) is 5.11 Å². The Kier molecular flexibility index (Phi) is 2.00. The molecule has 1 saturated carbocycles. The van der Waals surface area contributed by atoms with Gasteiger partial charge in [-0.15, -0.1) is 0 Å². The lowest BCUT2D eigenvalue weighted by molar-refractivity contribution is 0.456. The topological polar surface area (TPSA) is 46.2 Å². The Labute approximate surface area is 78.4 Å². The molecule has 2 rings (SSSR count). The summed E-state index contributed by atoms with van der Waals surface area (Å²) in [5, 5.41) is 9.60. The van der Waals surface area contributed by atoms with E-state index < -0.39 is 0 Å². The van der Waals surface area contributed by atoms with Gasteiger partial charge in [0.25, 0.3) is 0 Å². The summed E-state index contributed by atoms with van der Waals surface area (Å²) in [5.41, 5.74) is 8.07. The van der Waals surface area contributed by atoms with Crippen molar-refractivity contribution in [3.63, 3.8) is 0 Å². The number of rotatable bonds is 2. The van der Waals surface area contributed by atoms with Crippen molar-refractivity contribution in [1.29, 1.82) is 0 Å². The molecule has 1 aromatic carbocycles. The predicted octanol–water partition coefficient (Wildman–Crippen LogP) is 2.11. The summed E-state index contributed by atoms with van der Waals surface area (Å²) < 4.78 is 0. The van der Waals surface area contributed by atoms with Gasteiger partial charge in [-0.1, -0.05) is 17.7 Å². The van der Waals surface area contributed by atoms with Gasteiger partial charge in [0, 0.05) is 11.6 Å². The lowest BCUT2D eigenvalue weighted by Crippen LogP contribution is -2.12. The van der Waals surface area contributed by atoms with Crippen molar-refractivity contribution in [2.24, 2.45) is 11.7 Å². The molecule has 0 unspecified atom stereocenters.